The van der Waals surface area contributed by atoms with Crippen molar-refractivity contribution in [1.82, 2.24) is 5.32 Å². The molecule has 0 bridgehead atoms. The maximum Gasteiger partial charge on any atom is 0.238 e. The molecule has 1 atom stereocenters. The van der Waals surface area contributed by atoms with E-state index < -0.39 is 26.8 Å². The molecule has 4 nitrogen and oxygen atoms in total. The van der Waals surface area contributed by atoms with Crippen LogP contribution in [-0.2, 0) is 20.4 Å². The van der Waals surface area contributed by atoms with E-state index >= 15 is 0 Å². The molecule has 1 rings (SSSR count). The van der Waals surface area contributed by atoms with Crippen LogP contribution in [0.25, 0.3) is 0 Å². The second-order valence-electron chi connectivity index (χ2n) is 5.22. The van der Waals surface area contributed by atoms with Crippen LogP contribution in [0.3, 0.4) is 0 Å². The highest BCUT2D eigenvalue weighted by Crippen LogP contribution is 2.13. The second-order valence-corrected chi connectivity index (χ2v) is 7.54. The molecule has 0 aliphatic heterocycles. The molecule has 1 unspecified atom stereocenters. The highest BCUT2D eigenvalue weighted by molar-refractivity contribution is 7.92. The predicted octanol–water partition coefficient (Wildman–Crippen LogP) is 1.90. The van der Waals surface area contributed by atoms with E-state index in [0.717, 1.165) is 6.07 Å². The van der Waals surface area contributed by atoms with Crippen LogP contribution in [0.15, 0.2) is 24.3 Å². The Bertz CT molecular complexity index is 570. The van der Waals surface area contributed by atoms with Gasteiger partial charge in [-0.3, -0.25) is 4.79 Å². The molecule has 0 aromatic heterocycles. The van der Waals surface area contributed by atoms with Crippen LogP contribution in [0.1, 0.15) is 26.3 Å². The van der Waals surface area contributed by atoms with Crippen LogP contribution in [0.5, 0.6) is 0 Å². The van der Waals surface area contributed by atoms with Gasteiger partial charge in [0.1, 0.15) is 11.1 Å². The Morgan fingerprint density at radius 1 is 1.30 bits per heavy atom. The van der Waals surface area contributed by atoms with Crippen LogP contribution in [0, 0.1) is 11.7 Å². The van der Waals surface area contributed by atoms with Crippen molar-refractivity contribution in [2.45, 2.75) is 31.8 Å². The number of nitrogens with one attached hydrogen (secondary N) is 1. The number of carbonyl (C=O) groups is 1. The summed E-state index contributed by atoms with van der Waals surface area (Å²) in [6.45, 7) is 5.63. The van der Waals surface area contributed by atoms with Crippen LogP contribution in [0.4, 0.5) is 4.39 Å². The van der Waals surface area contributed by atoms with Crippen molar-refractivity contribution in [2.75, 3.05) is 6.54 Å². The number of sulfone groups is 1. The average molecular weight is 301 g/mol. The molecule has 20 heavy (non-hydrogen) atoms. The Morgan fingerprint density at radius 2 is 1.95 bits per heavy atom. The van der Waals surface area contributed by atoms with E-state index in [9.17, 15) is 17.6 Å². The Labute approximate surface area is 119 Å². The molecule has 0 radical (unpaired) electrons. The van der Waals surface area contributed by atoms with Gasteiger partial charge >= 0.3 is 0 Å². The first kappa shape index (κ1) is 16.6. The zero-order valence-electron chi connectivity index (χ0n) is 11.9. The summed E-state index contributed by atoms with van der Waals surface area (Å²) in [7, 11) is -3.66. The van der Waals surface area contributed by atoms with Crippen molar-refractivity contribution >= 4 is 15.7 Å². The van der Waals surface area contributed by atoms with E-state index in [1.165, 1.54) is 25.1 Å². The molecule has 0 spiro atoms. The molecule has 0 heterocycles. The minimum absolute atomic E-state index is 0.247. The number of benzene rings is 1. The summed E-state index contributed by atoms with van der Waals surface area (Å²) in [6, 6.07) is 5.38. The van der Waals surface area contributed by atoms with E-state index in [1.54, 1.807) is 0 Å². The first-order chi connectivity index (χ1) is 9.22. The molecule has 1 N–H and O–H groups in total. The fraction of sp³-hybridized carbons (Fsp3) is 0.500. The van der Waals surface area contributed by atoms with Gasteiger partial charge < -0.3 is 5.32 Å². The van der Waals surface area contributed by atoms with Crippen LogP contribution >= 0.6 is 0 Å². The third-order valence-corrected chi connectivity index (χ3v) is 4.88. The van der Waals surface area contributed by atoms with Crippen molar-refractivity contribution in [3.8, 4) is 0 Å². The van der Waals surface area contributed by atoms with E-state index in [0.29, 0.717) is 12.1 Å². The van der Waals surface area contributed by atoms with E-state index in [2.05, 4.69) is 5.32 Å². The fourth-order valence-corrected chi connectivity index (χ4v) is 2.90. The highest BCUT2D eigenvalue weighted by atomic mass is 32.2. The van der Waals surface area contributed by atoms with Crippen LogP contribution in [0.2, 0.25) is 0 Å². The first-order valence-electron chi connectivity index (χ1n) is 6.46. The van der Waals surface area contributed by atoms with Crippen LogP contribution in [-0.4, -0.2) is 26.1 Å². The summed E-state index contributed by atoms with van der Waals surface area (Å²) < 4.78 is 37.3. The van der Waals surface area contributed by atoms with Gasteiger partial charge in [-0.1, -0.05) is 26.0 Å². The summed E-state index contributed by atoms with van der Waals surface area (Å²) in [5.41, 5.74) is 0.341. The molecule has 0 aliphatic carbocycles. The molecular formula is C14H20FNO3S. The average Bonchev–Trinajstić information content (AvgIpc) is 2.34. The molecule has 0 aliphatic rings. The Morgan fingerprint density at radius 3 is 2.50 bits per heavy atom. The largest absolute Gasteiger partial charge is 0.355 e. The topological polar surface area (TPSA) is 63.2 Å². The monoisotopic (exact) mass is 301 g/mol. The molecule has 112 valence electrons. The lowest BCUT2D eigenvalue weighted by molar-refractivity contribution is -0.120. The molecule has 0 saturated heterocycles. The smallest absolute Gasteiger partial charge is 0.238 e. The normalized spacial score (nSPS) is 13.2. The Balaban J connectivity index is 2.75. The number of carbonyl (C=O) groups excluding carboxylic acids is 1. The summed E-state index contributed by atoms with van der Waals surface area (Å²) >= 11 is 0. The first-order valence-corrected chi connectivity index (χ1v) is 8.17. The summed E-state index contributed by atoms with van der Waals surface area (Å²) in [4.78, 5) is 11.8. The van der Waals surface area contributed by atoms with E-state index in [-0.39, 0.29) is 11.7 Å². The van der Waals surface area contributed by atoms with E-state index in [4.69, 9.17) is 0 Å². The van der Waals surface area contributed by atoms with Crippen molar-refractivity contribution in [3.63, 3.8) is 0 Å². The predicted molar refractivity (Wildman–Crippen MR) is 76.3 cm³/mol. The quantitative estimate of drug-likeness (QED) is 0.873. The number of halogens is 1. The van der Waals surface area contributed by atoms with Gasteiger partial charge in [-0.05, 0) is 30.5 Å². The van der Waals surface area contributed by atoms with Gasteiger partial charge in [0.25, 0.3) is 0 Å². The third kappa shape index (κ3) is 4.92. The summed E-state index contributed by atoms with van der Waals surface area (Å²) in [6.07, 6.45) is 0. The molecule has 1 aromatic rings. The minimum Gasteiger partial charge on any atom is -0.355 e. The Hall–Kier alpha value is -1.43. The molecule has 0 fully saturated rings. The molecule has 1 amide bonds. The van der Waals surface area contributed by atoms with Gasteiger partial charge in [0, 0.05) is 6.54 Å². The maximum atomic E-state index is 13.0. The molecular weight excluding hydrogens is 281 g/mol. The number of hydrogen-bond donors (Lipinski definition) is 1. The van der Waals surface area contributed by atoms with E-state index in [1.807, 2.05) is 13.8 Å². The lowest BCUT2D eigenvalue weighted by Crippen LogP contribution is -2.39. The summed E-state index contributed by atoms with van der Waals surface area (Å²) in [5.74, 6) is -1.11. The highest BCUT2D eigenvalue weighted by Gasteiger charge is 2.28. The van der Waals surface area contributed by atoms with Crippen molar-refractivity contribution in [1.29, 1.82) is 0 Å². The summed E-state index contributed by atoms with van der Waals surface area (Å²) in [5, 5.41) is 1.44. The maximum absolute atomic E-state index is 13.0. The Kier molecular flexibility index (Phi) is 5.68. The zero-order valence-corrected chi connectivity index (χ0v) is 12.7. The fourth-order valence-electron chi connectivity index (χ4n) is 1.60. The van der Waals surface area contributed by atoms with Gasteiger partial charge in [-0.15, -0.1) is 0 Å². The lowest BCUT2D eigenvalue weighted by Gasteiger charge is -2.14. The third-order valence-electron chi connectivity index (χ3n) is 2.85. The van der Waals surface area contributed by atoms with Gasteiger partial charge in [0.15, 0.2) is 9.84 Å². The van der Waals surface area contributed by atoms with Gasteiger partial charge in [-0.25, -0.2) is 12.8 Å². The number of rotatable bonds is 6. The molecule has 0 saturated carbocycles. The molecule has 1 aromatic carbocycles. The SMILES string of the molecule is CC(C)CNC(=O)C(C)S(=O)(=O)Cc1cccc(F)c1. The number of hydrogen-bond acceptors (Lipinski definition) is 3. The standard InChI is InChI=1S/C14H20FNO3S/c1-10(2)8-16-14(17)11(3)20(18,19)9-12-5-4-6-13(15)7-12/h4-7,10-11H,8-9H2,1-3H3,(H,16,17). The van der Waals surface area contributed by atoms with Gasteiger partial charge in [-0.2, -0.15) is 0 Å². The van der Waals surface area contributed by atoms with Crippen LogP contribution < -0.4 is 5.32 Å². The van der Waals surface area contributed by atoms with Gasteiger partial charge in [0.2, 0.25) is 5.91 Å². The van der Waals surface area contributed by atoms with Gasteiger partial charge in [0.05, 0.1) is 5.75 Å². The number of amides is 1. The minimum atomic E-state index is -3.66. The molecule has 6 heteroatoms. The van der Waals surface area contributed by atoms with Crippen molar-refractivity contribution < 1.29 is 17.6 Å². The lowest BCUT2D eigenvalue weighted by atomic mass is 10.2. The van der Waals surface area contributed by atoms with Crippen molar-refractivity contribution in [3.05, 3.63) is 35.6 Å². The zero-order chi connectivity index (χ0) is 15.3. The van der Waals surface area contributed by atoms with Crippen molar-refractivity contribution in [2.24, 2.45) is 5.92 Å². The second kappa shape index (κ2) is 6.83.